The normalized spacial score (nSPS) is 15.7. The second-order valence-electron chi connectivity index (χ2n) is 7.43. The van der Waals surface area contributed by atoms with Gasteiger partial charge in [0.15, 0.2) is 5.58 Å². The summed E-state index contributed by atoms with van der Waals surface area (Å²) in [5, 5.41) is 1.06. The van der Waals surface area contributed by atoms with Crippen LogP contribution >= 0.6 is 0 Å². The third-order valence-electron chi connectivity index (χ3n) is 5.58. The molecule has 4 aromatic rings. The van der Waals surface area contributed by atoms with Crippen LogP contribution in [-0.2, 0) is 6.42 Å². The van der Waals surface area contributed by atoms with E-state index in [1.807, 2.05) is 30.6 Å². The highest BCUT2D eigenvalue weighted by atomic mass is 16.3. The topological polar surface area (TPSA) is 38.9 Å². The maximum absolute atomic E-state index is 5.98. The molecule has 1 aliphatic carbocycles. The second-order valence-corrected chi connectivity index (χ2v) is 7.43. The second kappa shape index (κ2) is 6.56. The molecule has 0 atom stereocenters. The minimum absolute atomic E-state index is 0.822. The molecule has 1 saturated carbocycles. The summed E-state index contributed by atoms with van der Waals surface area (Å²) in [5.74, 6) is 0.829. The molecule has 5 rings (SSSR count). The summed E-state index contributed by atoms with van der Waals surface area (Å²) < 4.78 is 5.98. The van der Waals surface area contributed by atoms with Gasteiger partial charge in [-0.15, -0.1) is 0 Å². The molecule has 3 heteroatoms. The van der Waals surface area contributed by atoms with Crippen molar-refractivity contribution in [3.05, 3.63) is 60.4 Å². The quantitative estimate of drug-likeness (QED) is 0.447. The van der Waals surface area contributed by atoms with Crippen molar-refractivity contribution in [1.82, 2.24) is 9.97 Å². The highest BCUT2D eigenvalue weighted by Gasteiger charge is 2.15. The first-order chi connectivity index (χ1) is 12.9. The Morgan fingerprint density at radius 2 is 1.81 bits per heavy atom. The van der Waals surface area contributed by atoms with Gasteiger partial charge in [0.25, 0.3) is 0 Å². The summed E-state index contributed by atoms with van der Waals surface area (Å²) in [4.78, 5) is 9.24. The molecule has 0 unspecified atom stereocenters. The van der Waals surface area contributed by atoms with Gasteiger partial charge >= 0.3 is 0 Å². The number of hydrogen-bond acceptors (Lipinski definition) is 3. The molecule has 1 aromatic carbocycles. The van der Waals surface area contributed by atoms with Crippen molar-refractivity contribution in [2.24, 2.45) is 5.92 Å². The Kier molecular flexibility index (Phi) is 3.93. The molecular weight excluding hydrogens is 320 g/mol. The third-order valence-corrected chi connectivity index (χ3v) is 5.58. The van der Waals surface area contributed by atoms with Crippen molar-refractivity contribution >= 4 is 22.1 Å². The smallest absolute Gasteiger partial charge is 0.154 e. The number of furan rings is 1. The molecule has 3 aromatic heterocycles. The van der Waals surface area contributed by atoms with Crippen LogP contribution in [0.15, 0.2) is 59.3 Å². The highest BCUT2D eigenvalue weighted by molar-refractivity contribution is 6.02. The number of nitrogens with zero attached hydrogens (tertiary/aromatic N) is 2. The van der Waals surface area contributed by atoms with E-state index in [0.29, 0.717) is 0 Å². The van der Waals surface area contributed by atoms with Gasteiger partial charge in [0, 0.05) is 23.3 Å². The Labute approximate surface area is 153 Å². The molecule has 130 valence electrons. The number of para-hydroxylation sites is 1. The van der Waals surface area contributed by atoms with Crippen molar-refractivity contribution in [2.45, 2.75) is 38.5 Å². The van der Waals surface area contributed by atoms with Crippen molar-refractivity contribution in [1.29, 1.82) is 0 Å². The molecule has 3 nitrogen and oxygen atoms in total. The lowest BCUT2D eigenvalue weighted by Crippen LogP contribution is -2.09. The highest BCUT2D eigenvalue weighted by Crippen LogP contribution is 2.31. The molecule has 1 aliphatic rings. The monoisotopic (exact) mass is 342 g/mol. The van der Waals surface area contributed by atoms with Crippen LogP contribution in [0, 0.1) is 5.92 Å². The zero-order chi connectivity index (χ0) is 17.3. The van der Waals surface area contributed by atoms with Gasteiger partial charge in [-0.05, 0) is 48.2 Å². The molecule has 0 radical (unpaired) electrons. The fraction of sp³-hybridized carbons (Fsp3) is 0.304. The maximum Gasteiger partial charge on any atom is 0.154 e. The first-order valence-corrected chi connectivity index (χ1v) is 9.59. The fourth-order valence-corrected chi connectivity index (χ4v) is 4.22. The Morgan fingerprint density at radius 1 is 0.923 bits per heavy atom. The van der Waals surface area contributed by atoms with E-state index in [9.17, 15) is 0 Å². The van der Waals surface area contributed by atoms with Crippen molar-refractivity contribution in [3.63, 3.8) is 0 Å². The van der Waals surface area contributed by atoms with E-state index in [-0.39, 0.29) is 0 Å². The lowest BCUT2D eigenvalue weighted by molar-refractivity contribution is 0.356. The number of pyridine rings is 2. The lowest BCUT2D eigenvalue weighted by Gasteiger charge is -2.21. The molecule has 3 heterocycles. The zero-order valence-electron chi connectivity index (χ0n) is 14.8. The molecule has 0 N–H and O–H groups in total. The summed E-state index contributed by atoms with van der Waals surface area (Å²) in [6.07, 6.45) is 11.9. The van der Waals surface area contributed by atoms with Gasteiger partial charge in [0.1, 0.15) is 11.1 Å². The molecule has 26 heavy (non-hydrogen) atoms. The summed E-state index contributed by atoms with van der Waals surface area (Å²) in [6.45, 7) is 0. The summed E-state index contributed by atoms with van der Waals surface area (Å²) in [6, 6.07) is 14.5. The fourth-order valence-electron chi connectivity index (χ4n) is 4.22. The molecule has 0 amide bonds. The molecule has 0 bridgehead atoms. The number of rotatable bonds is 3. The van der Waals surface area contributed by atoms with Crippen LogP contribution in [0.25, 0.3) is 33.3 Å². The predicted molar refractivity (Wildman–Crippen MR) is 105 cm³/mol. The molecular formula is C23H22N2O. The van der Waals surface area contributed by atoms with E-state index in [0.717, 1.165) is 45.7 Å². The number of fused-ring (bicyclic) bond motifs is 3. The van der Waals surface area contributed by atoms with Crippen LogP contribution < -0.4 is 0 Å². The number of hydrogen-bond donors (Lipinski definition) is 0. The van der Waals surface area contributed by atoms with Crippen LogP contribution in [0.5, 0.6) is 0 Å². The zero-order valence-corrected chi connectivity index (χ0v) is 14.8. The minimum atomic E-state index is 0.822. The average Bonchev–Trinajstić information content (AvgIpc) is 3.07. The van der Waals surface area contributed by atoms with Crippen LogP contribution in [0.2, 0.25) is 0 Å². The number of aromatic nitrogens is 2. The maximum atomic E-state index is 5.98. The number of benzene rings is 1. The van der Waals surface area contributed by atoms with Gasteiger partial charge in [-0.25, -0.2) is 0 Å². The first-order valence-electron chi connectivity index (χ1n) is 9.59. The van der Waals surface area contributed by atoms with E-state index in [1.54, 1.807) is 0 Å². The van der Waals surface area contributed by atoms with Gasteiger partial charge in [-0.1, -0.05) is 44.2 Å². The Balaban J connectivity index is 1.48. The van der Waals surface area contributed by atoms with Gasteiger partial charge in [0.05, 0.1) is 5.69 Å². The summed E-state index contributed by atoms with van der Waals surface area (Å²) >= 11 is 0. The van der Waals surface area contributed by atoms with Gasteiger partial charge < -0.3 is 4.42 Å². The lowest BCUT2D eigenvalue weighted by atomic mass is 9.85. The van der Waals surface area contributed by atoms with Gasteiger partial charge in [-0.3, -0.25) is 9.97 Å². The Bertz CT molecular complexity index is 1060. The Morgan fingerprint density at radius 3 is 2.73 bits per heavy atom. The van der Waals surface area contributed by atoms with E-state index >= 15 is 0 Å². The summed E-state index contributed by atoms with van der Waals surface area (Å²) in [5.41, 5.74) is 6.00. The van der Waals surface area contributed by atoms with E-state index in [4.69, 9.17) is 4.42 Å². The van der Waals surface area contributed by atoms with Crippen molar-refractivity contribution in [2.75, 3.05) is 0 Å². The Hall–Kier alpha value is -2.68. The minimum Gasteiger partial charge on any atom is -0.454 e. The van der Waals surface area contributed by atoms with Crippen molar-refractivity contribution < 1.29 is 4.42 Å². The summed E-state index contributed by atoms with van der Waals surface area (Å²) in [7, 11) is 0. The molecule has 0 aliphatic heterocycles. The van der Waals surface area contributed by atoms with Crippen LogP contribution in [0.1, 0.15) is 37.7 Å². The molecule has 0 spiro atoms. The van der Waals surface area contributed by atoms with Crippen molar-refractivity contribution in [3.8, 4) is 11.3 Å². The van der Waals surface area contributed by atoms with E-state index in [2.05, 4.69) is 34.2 Å². The van der Waals surface area contributed by atoms with Gasteiger partial charge in [0.2, 0.25) is 0 Å². The molecule has 1 fully saturated rings. The van der Waals surface area contributed by atoms with Crippen LogP contribution in [0.4, 0.5) is 0 Å². The predicted octanol–water partition coefficient (Wildman–Crippen LogP) is 6.17. The van der Waals surface area contributed by atoms with Crippen LogP contribution in [0.3, 0.4) is 0 Å². The average molecular weight is 342 g/mol. The third kappa shape index (κ3) is 2.88. The first kappa shape index (κ1) is 15.6. The molecule has 0 saturated heterocycles. The standard InChI is InChI=1S/C23H22N2O/c1-2-6-16(7-3-1)12-17-10-11-24-20(13-17)18-14-22-23(25-15-18)19-8-4-5-9-21(19)26-22/h4-5,8-11,13-16H,1-3,6-7,12H2. The van der Waals surface area contributed by atoms with Crippen LogP contribution in [-0.4, -0.2) is 9.97 Å². The van der Waals surface area contributed by atoms with E-state index in [1.165, 1.54) is 37.7 Å². The van der Waals surface area contributed by atoms with Gasteiger partial charge in [-0.2, -0.15) is 0 Å². The largest absolute Gasteiger partial charge is 0.454 e. The van der Waals surface area contributed by atoms with E-state index < -0.39 is 0 Å². The SMILES string of the molecule is c1ccc2c(c1)oc1cc(-c3cc(CC4CCCCC4)ccn3)cnc12.